The first kappa shape index (κ1) is 20.0. The lowest BCUT2D eigenvalue weighted by molar-refractivity contribution is -0.141. The number of nitrogens with zero attached hydrogens (tertiary/aromatic N) is 5. The van der Waals surface area contributed by atoms with Crippen molar-refractivity contribution >= 4 is 5.91 Å². The van der Waals surface area contributed by atoms with Crippen LogP contribution in [-0.2, 0) is 21.6 Å². The molecule has 1 unspecified atom stereocenters. The molecule has 29 heavy (non-hydrogen) atoms. The monoisotopic (exact) mass is 397 g/mol. The van der Waals surface area contributed by atoms with E-state index in [1.54, 1.807) is 0 Å². The Bertz CT molecular complexity index is 908. The van der Waals surface area contributed by atoms with Crippen molar-refractivity contribution in [2.75, 3.05) is 13.2 Å². The zero-order valence-electron chi connectivity index (χ0n) is 18.1. The zero-order chi connectivity index (χ0) is 20.8. The van der Waals surface area contributed by atoms with Crippen molar-refractivity contribution in [3.05, 3.63) is 40.7 Å². The molecule has 2 saturated heterocycles. The highest BCUT2D eigenvalue weighted by Gasteiger charge is 2.54. The second-order valence-corrected chi connectivity index (χ2v) is 9.58. The predicted molar refractivity (Wildman–Crippen MR) is 109 cm³/mol. The number of rotatable bonds is 3. The molecule has 0 radical (unpaired) electrons. The van der Waals surface area contributed by atoms with Gasteiger partial charge in [-0.3, -0.25) is 4.79 Å². The van der Waals surface area contributed by atoms with Crippen molar-refractivity contribution in [3.8, 4) is 0 Å². The second-order valence-electron chi connectivity index (χ2n) is 9.58. The van der Waals surface area contributed by atoms with Crippen molar-refractivity contribution in [3.63, 3.8) is 0 Å². The fraction of sp³-hybridized carbons (Fsp3) is 0.636. The van der Waals surface area contributed by atoms with Crippen LogP contribution in [0.15, 0.2) is 18.2 Å². The maximum atomic E-state index is 13.7. The number of carbonyl (C=O) groups excluding carboxylic acids is 1. The van der Waals surface area contributed by atoms with Crippen LogP contribution in [0.25, 0.3) is 0 Å². The van der Waals surface area contributed by atoms with Crippen LogP contribution in [0.2, 0.25) is 0 Å². The predicted octanol–water partition coefficient (Wildman–Crippen LogP) is 3.32. The van der Waals surface area contributed by atoms with Crippen molar-refractivity contribution < 1.29 is 9.53 Å². The van der Waals surface area contributed by atoms with E-state index < -0.39 is 0 Å². The molecule has 2 aromatic rings. The van der Waals surface area contributed by atoms with Crippen LogP contribution >= 0.6 is 0 Å². The van der Waals surface area contributed by atoms with Crippen LogP contribution in [0.1, 0.15) is 68.6 Å². The number of hydrogen-bond donors (Lipinski definition) is 0. The van der Waals surface area contributed by atoms with E-state index in [1.165, 1.54) is 11.1 Å². The van der Waals surface area contributed by atoms with E-state index in [-0.39, 0.29) is 22.9 Å². The lowest BCUT2D eigenvalue weighted by atomic mass is 9.77. The fourth-order valence-electron chi connectivity index (χ4n) is 4.58. The van der Waals surface area contributed by atoms with E-state index in [0.717, 1.165) is 30.7 Å². The molecule has 0 aliphatic carbocycles. The normalized spacial score (nSPS) is 21.9. The number of carbonyl (C=O) groups is 1. The van der Waals surface area contributed by atoms with Crippen LogP contribution in [0.4, 0.5) is 0 Å². The van der Waals surface area contributed by atoms with E-state index in [0.29, 0.717) is 19.8 Å². The minimum absolute atomic E-state index is 0.128. The number of amides is 1. The summed E-state index contributed by atoms with van der Waals surface area (Å²) in [5.41, 5.74) is 3.03. The van der Waals surface area contributed by atoms with Crippen molar-refractivity contribution in [1.82, 2.24) is 25.1 Å². The molecule has 1 aromatic carbocycles. The van der Waals surface area contributed by atoms with Gasteiger partial charge in [-0.2, -0.15) is 0 Å². The molecule has 0 bridgehead atoms. The summed E-state index contributed by atoms with van der Waals surface area (Å²) in [6.45, 7) is 12.3. The molecule has 7 nitrogen and oxygen atoms in total. The third kappa shape index (κ3) is 3.56. The SMILES string of the molecule is Cc1ccc(CN2C(=O)C3(CCOCC3)CC2c2nnnn2C(C)(C)C)cc1C. The molecule has 2 fully saturated rings. The number of likely N-dealkylation sites (tertiary alicyclic amines) is 1. The van der Waals surface area contributed by atoms with E-state index in [4.69, 9.17) is 4.74 Å². The zero-order valence-corrected chi connectivity index (χ0v) is 18.1. The first-order valence-electron chi connectivity index (χ1n) is 10.4. The molecule has 4 rings (SSSR count). The molecule has 2 aliphatic rings. The highest BCUT2D eigenvalue weighted by Crippen LogP contribution is 2.50. The summed E-state index contributed by atoms with van der Waals surface area (Å²) in [4.78, 5) is 15.7. The molecule has 7 heteroatoms. The highest BCUT2D eigenvalue weighted by molar-refractivity contribution is 5.85. The molecule has 0 N–H and O–H groups in total. The van der Waals surface area contributed by atoms with Gasteiger partial charge in [0.25, 0.3) is 0 Å². The number of ether oxygens (including phenoxy) is 1. The van der Waals surface area contributed by atoms with Crippen molar-refractivity contribution in [2.45, 2.75) is 72.0 Å². The lowest BCUT2D eigenvalue weighted by Crippen LogP contribution is -2.39. The maximum absolute atomic E-state index is 13.7. The van der Waals surface area contributed by atoms with Gasteiger partial charge in [0, 0.05) is 19.8 Å². The third-order valence-corrected chi connectivity index (χ3v) is 6.48. The van der Waals surface area contributed by atoms with E-state index >= 15 is 0 Å². The number of hydrogen-bond acceptors (Lipinski definition) is 5. The number of aryl methyl sites for hydroxylation is 2. The Labute approximate surface area is 172 Å². The molecule has 1 amide bonds. The molecule has 0 saturated carbocycles. The summed E-state index contributed by atoms with van der Waals surface area (Å²) in [7, 11) is 0. The van der Waals surface area contributed by atoms with Gasteiger partial charge in [-0.1, -0.05) is 18.2 Å². The molecule has 1 aromatic heterocycles. The molecular weight excluding hydrogens is 366 g/mol. The van der Waals surface area contributed by atoms with Gasteiger partial charge in [-0.05, 0) is 81.0 Å². The Kier molecular flexibility index (Phi) is 4.97. The molecule has 2 aliphatic heterocycles. The van der Waals surface area contributed by atoms with Crippen LogP contribution in [0.5, 0.6) is 0 Å². The summed E-state index contributed by atoms with van der Waals surface area (Å²) in [6, 6.07) is 6.30. The van der Waals surface area contributed by atoms with Gasteiger partial charge in [-0.15, -0.1) is 5.10 Å². The van der Waals surface area contributed by atoms with Crippen LogP contribution in [0.3, 0.4) is 0 Å². The van der Waals surface area contributed by atoms with E-state index in [2.05, 4.69) is 68.3 Å². The number of benzene rings is 1. The topological polar surface area (TPSA) is 73.1 Å². The quantitative estimate of drug-likeness (QED) is 0.794. The van der Waals surface area contributed by atoms with Gasteiger partial charge in [0.15, 0.2) is 5.82 Å². The summed E-state index contributed by atoms with van der Waals surface area (Å²) in [5, 5.41) is 12.6. The third-order valence-electron chi connectivity index (χ3n) is 6.48. The second kappa shape index (κ2) is 7.20. The lowest BCUT2D eigenvalue weighted by Gasteiger charge is -2.31. The first-order chi connectivity index (χ1) is 13.7. The van der Waals surface area contributed by atoms with Crippen LogP contribution < -0.4 is 0 Å². The Morgan fingerprint density at radius 1 is 1.17 bits per heavy atom. The summed E-state index contributed by atoms with van der Waals surface area (Å²) >= 11 is 0. The fourth-order valence-corrected chi connectivity index (χ4v) is 4.58. The van der Waals surface area contributed by atoms with Crippen molar-refractivity contribution in [2.24, 2.45) is 5.41 Å². The van der Waals surface area contributed by atoms with Gasteiger partial charge in [0.05, 0.1) is 17.0 Å². The molecule has 3 heterocycles. The maximum Gasteiger partial charge on any atom is 0.229 e. The van der Waals surface area contributed by atoms with Gasteiger partial charge in [-0.25, -0.2) is 4.68 Å². The van der Waals surface area contributed by atoms with Gasteiger partial charge in [0.2, 0.25) is 5.91 Å². The first-order valence-corrected chi connectivity index (χ1v) is 10.4. The van der Waals surface area contributed by atoms with Gasteiger partial charge in [0.1, 0.15) is 0 Å². The molecular formula is C22H31N5O2. The van der Waals surface area contributed by atoms with Crippen LogP contribution in [0, 0.1) is 19.3 Å². The van der Waals surface area contributed by atoms with Gasteiger partial charge < -0.3 is 9.64 Å². The largest absolute Gasteiger partial charge is 0.381 e. The molecule has 156 valence electrons. The smallest absolute Gasteiger partial charge is 0.229 e. The van der Waals surface area contributed by atoms with E-state index in [1.807, 2.05) is 9.58 Å². The minimum atomic E-state index is -0.364. The number of aromatic nitrogens is 4. The highest BCUT2D eigenvalue weighted by atomic mass is 16.5. The Hall–Kier alpha value is -2.28. The Morgan fingerprint density at radius 3 is 2.55 bits per heavy atom. The Balaban J connectivity index is 1.73. The number of tetrazole rings is 1. The summed E-state index contributed by atoms with van der Waals surface area (Å²) in [5.74, 6) is 0.991. The minimum Gasteiger partial charge on any atom is -0.381 e. The average Bonchev–Trinajstić information content (AvgIpc) is 3.25. The standard InChI is InChI=1S/C22H31N5O2/c1-15-6-7-17(12-16(15)2)14-26-18(19-23-24-25-27(19)21(3,4)5)13-22(20(26)28)8-10-29-11-9-22/h6-7,12,18H,8-11,13-14H2,1-5H3. The van der Waals surface area contributed by atoms with Crippen molar-refractivity contribution in [1.29, 1.82) is 0 Å². The van der Waals surface area contributed by atoms with Crippen LogP contribution in [-0.4, -0.2) is 44.2 Å². The molecule has 1 atom stereocenters. The average molecular weight is 398 g/mol. The van der Waals surface area contributed by atoms with Gasteiger partial charge >= 0.3 is 0 Å². The summed E-state index contributed by atoms with van der Waals surface area (Å²) in [6.07, 6.45) is 2.28. The summed E-state index contributed by atoms with van der Waals surface area (Å²) < 4.78 is 7.45. The Morgan fingerprint density at radius 2 is 1.90 bits per heavy atom. The van der Waals surface area contributed by atoms with E-state index in [9.17, 15) is 4.79 Å². The molecule has 1 spiro atoms.